The molecule has 2 aromatic rings. The van der Waals surface area contributed by atoms with Crippen molar-refractivity contribution in [3.8, 4) is 5.75 Å². The molecule has 1 aliphatic rings. The third-order valence-corrected chi connectivity index (χ3v) is 7.19. The zero-order chi connectivity index (χ0) is 20.5. The first kappa shape index (κ1) is 20.4. The van der Waals surface area contributed by atoms with Gasteiger partial charge in [0.05, 0.1) is 12.0 Å². The molecule has 7 heteroatoms. The van der Waals surface area contributed by atoms with Crippen LogP contribution in [0.15, 0.2) is 41.3 Å². The number of benzene rings is 2. The summed E-state index contributed by atoms with van der Waals surface area (Å²) in [5, 5.41) is 2.91. The SMILES string of the molecule is COc1ccc(C)c(S(=O)(=O)N2CCC[C@H]2C(=O)Nc2cc(C)ccc2C)c1. The lowest BCUT2D eigenvalue weighted by Crippen LogP contribution is -2.43. The number of aryl methyl sites for hydroxylation is 3. The van der Waals surface area contributed by atoms with Crippen molar-refractivity contribution in [1.82, 2.24) is 4.31 Å². The molecule has 0 aliphatic carbocycles. The minimum Gasteiger partial charge on any atom is -0.497 e. The summed E-state index contributed by atoms with van der Waals surface area (Å²) in [4.78, 5) is 13.1. The highest BCUT2D eigenvalue weighted by Crippen LogP contribution is 2.31. The van der Waals surface area contributed by atoms with Gasteiger partial charge in [-0.2, -0.15) is 4.31 Å². The van der Waals surface area contributed by atoms with Gasteiger partial charge in [-0.05, 0) is 62.4 Å². The fourth-order valence-corrected chi connectivity index (χ4v) is 5.39. The molecule has 1 fully saturated rings. The van der Waals surface area contributed by atoms with Crippen molar-refractivity contribution >= 4 is 21.6 Å². The molecule has 3 rings (SSSR count). The highest BCUT2D eigenvalue weighted by atomic mass is 32.2. The van der Waals surface area contributed by atoms with Crippen LogP contribution in [0.25, 0.3) is 0 Å². The summed E-state index contributed by atoms with van der Waals surface area (Å²) in [6.07, 6.45) is 1.14. The third-order valence-electron chi connectivity index (χ3n) is 5.14. The summed E-state index contributed by atoms with van der Waals surface area (Å²) in [6, 6.07) is 10.0. The van der Waals surface area contributed by atoms with Crippen LogP contribution in [0.1, 0.15) is 29.5 Å². The van der Waals surface area contributed by atoms with Gasteiger partial charge in [0.15, 0.2) is 0 Å². The predicted molar refractivity (Wildman–Crippen MR) is 109 cm³/mol. The Hall–Kier alpha value is -2.38. The Morgan fingerprint density at radius 1 is 1.11 bits per heavy atom. The van der Waals surface area contributed by atoms with Crippen LogP contribution in [0.3, 0.4) is 0 Å². The normalized spacial score (nSPS) is 17.5. The van der Waals surface area contributed by atoms with E-state index in [9.17, 15) is 13.2 Å². The first-order chi connectivity index (χ1) is 13.2. The van der Waals surface area contributed by atoms with Crippen LogP contribution >= 0.6 is 0 Å². The smallest absolute Gasteiger partial charge is 0.244 e. The highest BCUT2D eigenvalue weighted by molar-refractivity contribution is 7.89. The van der Waals surface area contributed by atoms with E-state index < -0.39 is 16.1 Å². The first-order valence-electron chi connectivity index (χ1n) is 9.28. The minimum atomic E-state index is -3.81. The molecule has 0 aromatic heterocycles. The van der Waals surface area contributed by atoms with E-state index in [1.807, 2.05) is 32.0 Å². The number of sulfonamides is 1. The van der Waals surface area contributed by atoms with E-state index in [-0.39, 0.29) is 10.8 Å². The lowest BCUT2D eigenvalue weighted by Gasteiger charge is -2.24. The molecule has 0 saturated carbocycles. The minimum absolute atomic E-state index is 0.179. The fraction of sp³-hybridized carbons (Fsp3) is 0.381. The highest BCUT2D eigenvalue weighted by Gasteiger charge is 2.40. The topological polar surface area (TPSA) is 75.7 Å². The van der Waals surface area contributed by atoms with Crippen molar-refractivity contribution in [2.24, 2.45) is 0 Å². The number of rotatable bonds is 5. The average Bonchev–Trinajstić information content (AvgIpc) is 3.16. The van der Waals surface area contributed by atoms with Crippen LogP contribution in [0, 0.1) is 20.8 Å². The monoisotopic (exact) mass is 402 g/mol. The summed E-state index contributed by atoms with van der Waals surface area (Å²) in [5.41, 5.74) is 3.31. The molecule has 1 saturated heterocycles. The zero-order valence-corrected chi connectivity index (χ0v) is 17.5. The second-order valence-electron chi connectivity index (χ2n) is 7.21. The van der Waals surface area contributed by atoms with Crippen molar-refractivity contribution < 1.29 is 17.9 Å². The number of nitrogens with zero attached hydrogens (tertiary/aromatic N) is 1. The molecule has 150 valence electrons. The summed E-state index contributed by atoms with van der Waals surface area (Å²) in [5.74, 6) is 0.176. The van der Waals surface area contributed by atoms with Gasteiger partial charge in [-0.1, -0.05) is 18.2 Å². The molecule has 0 radical (unpaired) electrons. The van der Waals surface area contributed by atoms with Crippen molar-refractivity contribution in [2.45, 2.75) is 44.6 Å². The van der Waals surface area contributed by atoms with Crippen LogP contribution in [0.4, 0.5) is 5.69 Å². The summed E-state index contributed by atoms with van der Waals surface area (Å²) in [6.45, 7) is 5.93. The molecule has 28 heavy (non-hydrogen) atoms. The van der Waals surface area contributed by atoms with Gasteiger partial charge < -0.3 is 10.1 Å². The molecule has 0 bridgehead atoms. The van der Waals surface area contributed by atoms with Gasteiger partial charge in [-0.25, -0.2) is 8.42 Å². The van der Waals surface area contributed by atoms with Crippen LogP contribution in [-0.2, 0) is 14.8 Å². The number of anilines is 1. The largest absolute Gasteiger partial charge is 0.497 e. The predicted octanol–water partition coefficient (Wildman–Crippen LogP) is 3.41. The Balaban J connectivity index is 1.89. The average molecular weight is 403 g/mol. The van der Waals surface area contributed by atoms with Crippen LogP contribution in [0.5, 0.6) is 5.75 Å². The van der Waals surface area contributed by atoms with Crippen LogP contribution in [-0.4, -0.2) is 38.3 Å². The molecule has 1 amide bonds. The van der Waals surface area contributed by atoms with Gasteiger partial charge >= 0.3 is 0 Å². The first-order valence-corrected chi connectivity index (χ1v) is 10.7. The number of hydrogen-bond acceptors (Lipinski definition) is 4. The summed E-state index contributed by atoms with van der Waals surface area (Å²) >= 11 is 0. The molecule has 6 nitrogen and oxygen atoms in total. The molecule has 0 unspecified atom stereocenters. The number of methoxy groups -OCH3 is 1. The number of hydrogen-bond donors (Lipinski definition) is 1. The summed E-state index contributed by atoms with van der Waals surface area (Å²) in [7, 11) is -2.32. The molecule has 1 atom stereocenters. The Labute approximate surface area is 166 Å². The van der Waals surface area contributed by atoms with Gasteiger partial charge in [0.1, 0.15) is 11.8 Å². The van der Waals surface area contributed by atoms with Crippen LogP contribution < -0.4 is 10.1 Å². The molecule has 2 aromatic carbocycles. The van der Waals surface area contributed by atoms with E-state index >= 15 is 0 Å². The van der Waals surface area contributed by atoms with Gasteiger partial charge in [0, 0.05) is 18.3 Å². The Bertz CT molecular complexity index is 1000. The summed E-state index contributed by atoms with van der Waals surface area (Å²) < 4.78 is 33.1. The van der Waals surface area contributed by atoms with E-state index in [1.165, 1.54) is 17.5 Å². The van der Waals surface area contributed by atoms with E-state index in [1.54, 1.807) is 19.1 Å². The standard InChI is InChI=1S/C21H26N2O4S/c1-14-7-8-15(2)18(12-14)22-21(24)19-6-5-11-23(19)28(25,26)20-13-17(27-4)10-9-16(20)3/h7-10,12-13,19H,5-6,11H2,1-4H3,(H,22,24)/t19-/m0/s1. The quantitative estimate of drug-likeness (QED) is 0.832. The molecule has 1 aliphatic heterocycles. The Morgan fingerprint density at radius 2 is 1.82 bits per heavy atom. The second-order valence-corrected chi connectivity index (χ2v) is 9.07. The van der Waals surface area contributed by atoms with Gasteiger partial charge in [-0.3, -0.25) is 4.79 Å². The van der Waals surface area contributed by atoms with Gasteiger partial charge in [-0.15, -0.1) is 0 Å². The molecule has 0 spiro atoms. The van der Waals surface area contributed by atoms with E-state index in [0.29, 0.717) is 36.4 Å². The number of ether oxygens (including phenoxy) is 1. The zero-order valence-electron chi connectivity index (χ0n) is 16.7. The Morgan fingerprint density at radius 3 is 2.54 bits per heavy atom. The molecule has 1 N–H and O–H groups in total. The number of carbonyl (C=O) groups excluding carboxylic acids is 1. The van der Waals surface area contributed by atoms with Crippen molar-refractivity contribution in [2.75, 3.05) is 19.0 Å². The van der Waals surface area contributed by atoms with Crippen molar-refractivity contribution in [3.63, 3.8) is 0 Å². The number of amides is 1. The maximum absolute atomic E-state index is 13.3. The fourth-order valence-electron chi connectivity index (χ4n) is 3.49. The van der Waals surface area contributed by atoms with E-state index in [2.05, 4.69) is 5.32 Å². The third kappa shape index (κ3) is 3.91. The van der Waals surface area contributed by atoms with Gasteiger partial charge in [0.2, 0.25) is 15.9 Å². The van der Waals surface area contributed by atoms with E-state index in [0.717, 1.165) is 11.1 Å². The second kappa shape index (κ2) is 7.93. The van der Waals surface area contributed by atoms with E-state index in [4.69, 9.17) is 4.74 Å². The van der Waals surface area contributed by atoms with Crippen molar-refractivity contribution in [1.29, 1.82) is 0 Å². The maximum Gasteiger partial charge on any atom is 0.244 e. The van der Waals surface area contributed by atoms with Crippen molar-refractivity contribution in [3.05, 3.63) is 53.1 Å². The number of nitrogens with one attached hydrogen (secondary N) is 1. The molecular formula is C21H26N2O4S. The molecular weight excluding hydrogens is 376 g/mol. The van der Waals surface area contributed by atoms with Crippen LogP contribution in [0.2, 0.25) is 0 Å². The number of carbonyl (C=O) groups is 1. The van der Waals surface area contributed by atoms with Gasteiger partial charge in [0.25, 0.3) is 0 Å². The lowest BCUT2D eigenvalue weighted by molar-refractivity contribution is -0.119. The lowest BCUT2D eigenvalue weighted by atomic mass is 10.1. The molecule has 1 heterocycles. The Kier molecular flexibility index (Phi) is 5.76. The maximum atomic E-state index is 13.3.